The molecule has 0 atom stereocenters. The number of ether oxygens (including phenoxy) is 1. The van der Waals surface area contributed by atoms with E-state index in [1.165, 1.54) is 12.4 Å². The van der Waals surface area contributed by atoms with Gasteiger partial charge in [-0.1, -0.05) is 23.2 Å². The Morgan fingerprint density at radius 1 is 1.26 bits per heavy atom. The molecule has 0 aliphatic carbocycles. The molecule has 1 aromatic carbocycles. The first-order valence-corrected chi connectivity index (χ1v) is 7.67. The van der Waals surface area contributed by atoms with Crippen LogP contribution in [0.25, 0.3) is 0 Å². The first kappa shape index (κ1) is 17.5. The van der Waals surface area contributed by atoms with Crippen molar-refractivity contribution >= 4 is 40.7 Å². The summed E-state index contributed by atoms with van der Waals surface area (Å²) in [4.78, 5) is 20.1. The summed E-state index contributed by atoms with van der Waals surface area (Å²) in [6.07, 6.45) is 3.65. The molecule has 0 saturated carbocycles. The van der Waals surface area contributed by atoms with Gasteiger partial charge in [0.15, 0.2) is 0 Å². The van der Waals surface area contributed by atoms with Crippen LogP contribution in [0.1, 0.15) is 16.8 Å². The third-order valence-corrected chi connectivity index (χ3v) is 3.45. The van der Waals surface area contributed by atoms with Crippen molar-refractivity contribution in [3.63, 3.8) is 0 Å². The van der Waals surface area contributed by atoms with Gasteiger partial charge in [0.25, 0.3) is 5.91 Å². The number of nitrogens with one attached hydrogen (secondary N) is 2. The van der Waals surface area contributed by atoms with E-state index in [1.54, 1.807) is 25.3 Å². The molecule has 0 spiro atoms. The van der Waals surface area contributed by atoms with Gasteiger partial charge in [-0.3, -0.25) is 4.79 Å². The van der Waals surface area contributed by atoms with E-state index in [4.69, 9.17) is 27.9 Å². The molecule has 0 unspecified atom stereocenters. The Kier molecular flexibility index (Phi) is 6.58. The van der Waals surface area contributed by atoms with Gasteiger partial charge in [0.1, 0.15) is 0 Å². The van der Waals surface area contributed by atoms with Gasteiger partial charge < -0.3 is 15.4 Å². The van der Waals surface area contributed by atoms with Crippen molar-refractivity contribution in [1.82, 2.24) is 15.3 Å². The quantitative estimate of drug-likeness (QED) is 0.746. The maximum absolute atomic E-state index is 11.9. The minimum absolute atomic E-state index is 0.225. The van der Waals surface area contributed by atoms with Crippen LogP contribution in [0.15, 0.2) is 30.6 Å². The molecule has 1 heterocycles. The van der Waals surface area contributed by atoms with Gasteiger partial charge in [-0.05, 0) is 24.6 Å². The maximum Gasteiger partial charge on any atom is 0.254 e. The Bertz CT molecular complexity index is 665. The Labute approximate surface area is 144 Å². The standard InChI is InChI=1S/C15H16Cl2N4O2/c1-23-6-2-5-18-14(22)10-8-19-15(20-9-10)21-13-4-3-11(16)7-12(13)17/h3-4,7-9H,2,5-6H2,1H3,(H,18,22)(H,19,20,21). The maximum atomic E-state index is 11.9. The van der Waals surface area contributed by atoms with Gasteiger partial charge in [-0.25, -0.2) is 9.97 Å². The predicted molar refractivity (Wildman–Crippen MR) is 90.6 cm³/mol. The molecule has 8 heteroatoms. The highest BCUT2D eigenvalue weighted by Gasteiger charge is 2.08. The number of hydrogen-bond donors (Lipinski definition) is 2. The zero-order chi connectivity index (χ0) is 16.7. The van der Waals surface area contributed by atoms with Crippen molar-refractivity contribution in [3.8, 4) is 0 Å². The summed E-state index contributed by atoms with van der Waals surface area (Å²) in [5.41, 5.74) is 1.02. The Morgan fingerprint density at radius 3 is 2.65 bits per heavy atom. The summed E-state index contributed by atoms with van der Waals surface area (Å²) in [6, 6.07) is 5.05. The molecule has 1 aromatic heterocycles. The molecular formula is C15H16Cl2N4O2. The fourth-order valence-electron chi connectivity index (χ4n) is 1.74. The highest BCUT2D eigenvalue weighted by atomic mass is 35.5. The van der Waals surface area contributed by atoms with Crippen LogP contribution in [0.4, 0.5) is 11.6 Å². The number of rotatable bonds is 7. The van der Waals surface area contributed by atoms with E-state index in [0.29, 0.717) is 40.4 Å². The van der Waals surface area contributed by atoms with Crippen molar-refractivity contribution in [2.75, 3.05) is 25.6 Å². The van der Waals surface area contributed by atoms with Crippen LogP contribution in [0.2, 0.25) is 10.0 Å². The van der Waals surface area contributed by atoms with E-state index in [2.05, 4.69) is 20.6 Å². The summed E-state index contributed by atoms with van der Waals surface area (Å²) in [5.74, 6) is 0.113. The first-order chi connectivity index (χ1) is 11.1. The molecule has 0 fully saturated rings. The number of amides is 1. The van der Waals surface area contributed by atoms with Gasteiger partial charge in [0.2, 0.25) is 5.95 Å². The summed E-state index contributed by atoms with van der Waals surface area (Å²) in [7, 11) is 1.62. The summed E-state index contributed by atoms with van der Waals surface area (Å²) in [6.45, 7) is 1.13. The van der Waals surface area contributed by atoms with Gasteiger partial charge >= 0.3 is 0 Å². The van der Waals surface area contributed by atoms with Crippen LogP contribution in [-0.2, 0) is 4.74 Å². The zero-order valence-corrected chi connectivity index (χ0v) is 14.0. The third-order valence-electron chi connectivity index (χ3n) is 2.90. The molecule has 0 radical (unpaired) electrons. The van der Waals surface area contributed by atoms with Gasteiger partial charge in [0, 0.05) is 37.7 Å². The smallest absolute Gasteiger partial charge is 0.254 e. The van der Waals surface area contributed by atoms with Crippen LogP contribution in [0.5, 0.6) is 0 Å². The second-order valence-corrected chi connectivity index (χ2v) is 5.49. The van der Waals surface area contributed by atoms with Gasteiger partial charge in [0.05, 0.1) is 16.3 Å². The Morgan fingerprint density at radius 2 is 2.00 bits per heavy atom. The molecule has 0 saturated heterocycles. The molecule has 0 aliphatic heterocycles. The van der Waals surface area contributed by atoms with Crippen LogP contribution in [-0.4, -0.2) is 36.1 Å². The molecule has 0 bridgehead atoms. The second-order valence-electron chi connectivity index (χ2n) is 4.65. The van der Waals surface area contributed by atoms with E-state index < -0.39 is 0 Å². The van der Waals surface area contributed by atoms with E-state index in [1.807, 2.05) is 0 Å². The van der Waals surface area contributed by atoms with Crippen molar-refractivity contribution in [1.29, 1.82) is 0 Å². The van der Waals surface area contributed by atoms with E-state index in [9.17, 15) is 4.79 Å². The predicted octanol–water partition coefficient (Wildman–Crippen LogP) is 3.29. The van der Waals surface area contributed by atoms with E-state index in [-0.39, 0.29) is 5.91 Å². The Hall–Kier alpha value is -1.89. The second kappa shape index (κ2) is 8.67. The number of methoxy groups -OCH3 is 1. The monoisotopic (exact) mass is 354 g/mol. The van der Waals surface area contributed by atoms with Gasteiger partial charge in [-0.15, -0.1) is 0 Å². The topological polar surface area (TPSA) is 76.1 Å². The molecule has 0 aliphatic rings. The molecule has 2 rings (SSSR count). The van der Waals surface area contributed by atoms with Crippen molar-refractivity contribution in [2.45, 2.75) is 6.42 Å². The average Bonchev–Trinajstić information content (AvgIpc) is 2.55. The zero-order valence-electron chi connectivity index (χ0n) is 12.5. The van der Waals surface area contributed by atoms with Crippen molar-refractivity contribution < 1.29 is 9.53 Å². The average molecular weight is 355 g/mol. The number of nitrogens with zero attached hydrogens (tertiary/aromatic N) is 2. The summed E-state index contributed by atoms with van der Waals surface area (Å²) in [5, 5.41) is 6.73. The minimum Gasteiger partial charge on any atom is -0.385 e. The normalized spacial score (nSPS) is 10.4. The van der Waals surface area contributed by atoms with Crippen LogP contribution < -0.4 is 10.6 Å². The lowest BCUT2D eigenvalue weighted by Crippen LogP contribution is -2.25. The van der Waals surface area contributed by atoms with E-state index >= 15 is 0 Å². The lowest BCUT2D eigenvalue weighted by Gasteiger charge is -2.08. The first-order valence-electron chi connectivity index (χ1n) is 6.91. The Balaban J connectivity index is 1.95. The number of carbonyl (C=O) groups is 1. The number of aromatic nitrogens is 2. The van der Waals surface area contributed by atoms with Crippen molar-refractivity contribution in [3.05, 3.63) is 46.2 Å². The molecule has 23 heavy (non-hydrogen) atoms. The molecule has 6 nitrogen and oxygen atoms in total. The minimum atomic E-state index is -0.225. The molecular weight excluding hydrogens is 339 g/mol. The number of halogens is 2. The summed E-state index contributed by atoms with van der Waals surface area (Å²) < 4.78 is 4.92. The fourth-order valence-corrected chi connectivity index (χ4v) is 2.20. The fraction of sp³-hybridized carbons (Fsp3) is 0.267. The highest BCUT2D eigenvalue weighted by molar-refractivity contribution is 6.36. The molecule has 2 N–H and O–H groups in total. The SMILES string of the molecule is COCCCNC(=O)c1cnc(Nc2ccc(Cl)cc2Cl)nc1. The van der Waals surface area contributed by atoms with Crippen LogP contribution in [0, 0.1) is 0 Å². The number of anilines is 2. The number of hydrogen-bond acceptors (Lipinski definition) is 5. The molecule has 2 aromatic rings. The lowest BCUT2D eigenvalue weighted by atomic mass is 10.3. The van der Waals surface area contributed by atoms with Crippen LogP contribution >= 0.6 is 23.2 Å². The highest BCUT2D eigenvalue weighted by Crippen LogP contribution is 2.26. The van der Waals surface area contributed by atoms with Crippen molar-refractivity contribution in [2.24, 2.45) is 0 Å². The van der Waals surface area contributed by atoms with Gasteiger partial charge in [-0.2, -0.15) is 0 Å². The summed E-state index contributed by atoms with van der Waals surface area (Å²) >= 11 is 11.9. The van der Waals surface area contributed by atoms with Crippen LogP contribution in [0.3, 0.4) is 0 Å². The largest absolute Gasteiger partial charge is 0.385 e. The molecule has 122 valence electrons. The number of carbonyl (C=O) groups excluding carboxylic acids is 1. The molecule has 1 amide bonds. The third kappa shape index (κ3) is 5.35. The van der Waals surface area contributed by atoms with E-state index in [0.717, 1.165) is 6.42 Å². The number of benzene rings is 1. The lowest BCUT2D eigenvalue weighted by molar-refractivity contribution is 0.0948.